The van der Waals surface area contributed by atoms with E-state index >= 15 is 0 Å². The number of halogens is 2. The number of rotatable bonds is 3. The number of hydrogen-bond acceptors (Lipinski definition) is 2. The van der Waals surface area contributed by atoms with Crippen LogP contribution in [0.1, 0.15) is 18.9 Å². The smallest absolute Gasteiger partial charge is 0.274 e. The quantitative estimate of drug-likeness (QED) is 0.776. The lowest BCUT2D eigenvalue weighted by Crippen LogP contribution is -2.07. The van der Waals surface area contributed by atoms with Crippen LogP contribution in [0.25, 0.3) is 5.03 Å². The van der Waals surface area contributed by atoms with E-state index < -0.39 is 7.37 Å². The fraction of sp³-hybridized carbons (Fsp3) is 0.273. The van der Waals surface area contributed by atoms with Crippen LogP contribution in [0.5, 0.6) is 0 Å². The molecule has 0 radical (unpaired) electrons. The molecule has 1 aromatic rings. The zero-order valence-electron chi connectivity index (χ0n) is 8.74. The van der Waals surface area contributed by atoms with Gasteiger partial charge in [0.1, 0.15) is 4.77 Å². The van der Waals surface area contributed by atoms with Gasteiger partial charge in [0.15, 0.2) is 0 Å². The molecular weight excluding hydrogens is 266 g/mol. The molecular formula is C11H11Cl2O2P. The van der Waals surface area contributed by atoms with Crippen molar-refractivity contribution in [1.82, 2.24) is 0 Å². The molecule has 1 aliphatic rings. The molecule has 0 fully saturated rings. The third kappa shape index (κ3) is 1.74. The van der Waals surface area contributed by atoms with Crippen molar-refractivity contribution in [2.75, 3.05) is 6.61 Å². The number of fused-ring (bicyclic) bond motifs is 1. The van der Waals surface area contributed by atoms with Gasteiger partial charge < -0.3 is 4.52 Å². The van der Waals surface area contributed by atoms with Gasteiger partial charge in [0.2, 0.25) is 0 Å². The fourth-order valence-corrected chi connectivity index (χ4v) is 4.76. The molecule has 0 spiro atoms. The van der Waals surface area contributed by atoms with Crippen molar-refractivity contribution in [3.8, 4) is 0 Å². The van der Waals surface area contributed by atoms with Gasteiger partial charge in [-0.05, 0) is 12.5 Å². The summed E-state index contributed by atoms with van der Waals surface area (Å²) in [7, 11) is -3.11. The normalized spacial score (nSPS) is 23.7. The maximum Gasteiger partial charge on any atom is 0.274 e. The summed E-state index contributed by atoms with van der Waals surface area (Å²) in [5.41, 5.74) is 0.716. The van der Waals surface area contributed by atoms with Gasteiger partial charge in [-0.2, -0.15) is 0 Å². The van der Waals surface area contributed by atoms with E-state index in [-0.39, 0.29) is 4.77 Å². The Morgan fingerprint density at radius 2 is 2.00 bits per heavy atom. The summed E-state index contributed by atoms with van der Waals surface area (Å²) in [6.45, 7) is 2.36. The van der Waals surface area contributed by atoms with Gasteiger partial charge in [0.25, 0.3) is 7.37 Å². The van der Waals surface area contributed by atoms with Gasteiger partial charge in [-0.1, -0.05) is 48.3 Å². The molecule has 2 rings (SSSR count). The summed E-state index contributed by atoms with van der Waals surface area (Å²) in [5.74, 6) is 0. The van der Waals surface area contributed by atoms with Gasteiger partial charge in [-0.25, -0.2) is 0 Å². The Balaban J connectivity index is 2.52. The van der Waals surface area contributed by atoms with E-state index in [4.69, 9.17) is 27.7 Å². The molecule has 86 valence electrons. The van der Waals surface area contributed by atoms with Gasteiger partial charge in [0, 0.05) is 5.56 Å². The van der Waals surface area contributed by atoms with Crippen molar-refractivity contribution in [1.29, 1.82) is 0 Å². The molecule has 0 amide bonds. The molecule has 5 heteroatoms. The lowest BCUT2D eigenvalue weighted by Gasteiger charge is -2.13. The van der Waals surface area contributed by atoms with E-state index in [2.05, 4.69) is 0 Å². The van der Waals surface area contributed by atoms with Crippen LogP contribution < -0.4 is 5.30 Å². The minimum atomic E-state index is -3.11. The van der Waals surface area contributed by atoms with Crippen LogP contribution in [0.4, 0.5) is 0 Å². The molecule has 1 aliphatic heterocycles. The molecule has 1 aromatic carbocycles. The monoisotopic (exact) mass is 276 g/mol. The van der Waals surface area contributed by atoms with E-state index in [0.717, 1.165) is 6.42 Å². The Hall–Kier alpha value is -0.270. The van der Waals surface area contributed by atoms with Crippen molar-refractivity contribution >= 4 is 40.9 Å². The van der Waals surface area contributed by atoms with Gasteiger partial charge >= 0.3 is 0 Å². The highest BCUT2D eigenvalue weighted by molar-refractivity contribution is 7.74. The molecule has 0 N–H and O–H groups in total. The van der Waals surface area contributed by atoms with E-state index in [1.54, 1.807) is 18.2 Å². The average molecular weight is 277 g/mol. The van der Waals surface area contributed by atoms with Crippen LogP contribution in [-0.4, -0.2) is 6.61 Å². The zero-order valence-corrected chi connectivity index (χ0v) is 11.1. The summed E-state index contributed by atoms with van der Waals surface area (Å²) < 4.78 is 18.2. The molecule has 0 aromatic heterocycles. The standard InChI is InChI=1S/C11H11Cl2O2P/c1-2-7-15-16(14)9-6-4-3-5-8(9)10(12)11(16)13/h3-6H,2,7H2,1H3. The third-order valence-corrected chi connectivity index (χ3v) is 6.16. The van der Waals surface area contributed by atoms with Crippen LogP contribution in [-0.2, 0) is 9.09 Å². The SMILES string of the molecule is CCCOP1(=O)C(Cl)=C(Cl)c2ccccc21. The van der Waals surface area contributed by atoms with Crippen molar-refractivity contribution in [2.24, 2.45) is 0 Å². The van der Waals surface area contributed by atoms with Crippen molar-refractivity contribution in [3.05, 3.63) is 34.6 Å². The lowest BCUT2D eigenvalue weighted by molar-refractivity contribution is 0.325. The van der Waals surface area contributed by atoms with E-state index in [1.165, 1.54) is 0 Å². The van der Waals surface area contributed by atoms with Crippen molar-refractivity contribution in [3.63, 3.8) is 0 Å². The average Bonchev–Trinajstić information content (AvgIpc) is 2.51. The Labute approximate surface area is 105 Å². The molecule has 0 saturated heterocycles. The summed E-state index contributed by atoms with van der Waals surface area (Å²) in [4.78, 5) is 0. The third-order valence-electron chi connectivity index (χ3n) is 2.37. The second-order valence-corrected chi connectivity index (χ2v) is 6.82. The summed E-state index contributed by atoms with van der Waals surface area (Å²) >= 11 is 12.1. The highest BCUT2D eigenvalue weighted by Crippen LogP contribution is 2.63. The van der Waals surface area contributed by atoms with E-state index in [1.807, 2.05) is 13.0 Å². The van der Waals surface area contributed by atoms with Gasteiger partial charge in [-0.3, -0.25) is 4.57 Å². The second kappa shape index (κ2) is 4.54. The summed E-state index contributed by atoms with van der Waals surface area (Å²) in [5, 5.41) is 0.954. The summed E-state index contributed by atoms with van der Waals surface area (Å²) in [6, 6.07) is 7.19. The van der Waals surface area contributed by atoms with Crippen LogP contribution in [0, 0.1) is 0 Å². The number of benzene rings is 1. The molecule has 2 nitrogen and oxygen atoms in total. The van der Waals surface area contributed by atoms with Crippen molar-refractivity contribution in [2.45, 2.75) is 13.3 Å². The highest BCUT2D eigenvalue weighted by Gasteiger charge is 2.40. The van der Waals surface area contributed by atoms with E-state index in [9.17, 15) is 4.57 Å². The first-order valence-electron chi connectivity index (χ1n) is 5.01. The van der Waals surface area contributed by atoms with Crippen LogP contribution in [0.15, 0.2) is 29.0 Å². The van der Waals surface area contributed by atoms with Gasteiger partial charge in [-0.15, -0.1) is 0 Å². The summed E-state index contributed by atoms with van der Waals surface area (Å²) in [6.07, 6.45) is 0.786. The minimum Gasteiger partial charge on any atom is -0.321 e. The van der Waals surface area contributed by atoms with Gasteiger partial charge in [0.05, 0.1) is 16.9 Å². The highest BCUT2D eigenvalue weighted by atomic mass is 35.5. The Bertz CT molecular complexity index is 497. The fourth-order valence-electron chi connectivity index (χ4n) is 1.61. The lowest BCUT2D eigenvalue weighted by atomic mass is 10.2. The predicted molar refractivity (Wildman–Crippen MR) is 68.6 cm³/mol. The molecule has 0 aliphatic carbocycles. The van der Waals surface area contributed by atoms with Crippen LogP contribution in [0.3, 0.4) is 0 Å². The molecule has 1 heterocycles. The molecule has 16 heavy (non-hydrogen) atoms. The Morgan fingerprint density at radius 3 is 2.69 bits per heavy atom. The van der Waals surface area contributed by atoms with Crippen molar-refractivity contribution < 1.29 is 9.09 Å². The Kier molecular flexibility index (Phi) is 3.46. The molecule has 1 atom stereocenters. The minimum absolute atomic E-state index is 0.142. The van der Waals surface area contributed by atoms with Crippen LogP contribution >= 0.6 is 30.6 Å². The topological polar surface area (TPSA) is 26.3 Å². The maximum absolute atomic E-state index is 12.6. The largest absolute Gasteiger partial charge is 0.321 e. The first-order chi connectivity index (χ1) is 7.61. The number of hydrogen-bond donors (Lipinski definition) is 0. The van der Waals surface area contributed by atoms with E-state index in [0.29, 0.717) is 22.5 Å². The first-order valence-corrected chi connectivity index (χ1v) is 7.39. The Morgan fingerprint density at radius 1 is 1.31 bits per heavy atom. The molecule has 1 unspecified atom stereocenters. The zero-order chi connectivity index (χ0) is 11.8. The predicted octanol–water partition coefficient (Wildman–Crippen LogP) is 4.13. The van der Waals surface area contributed by atoms with Crippen LogP contribution in [0.2, 0.25) is 0 Å². The second-order valence-electron chi connectivity index (χ2n) is 3.51. The molecule has 0 saturated carbocycles. The maximum atomic E-state index is 12.6. The first kappa shape index (κ1) is 12.2. The molecule has 0 bridgehead atoms.